The second-order valence-electron chi connectivity index (χ2n) is 12.9. The number of aryl methyl sites for hydroxylation is 2. The number of fused-ring (bicyclic) bond motifs is 5. The van der Waals surface area contributed by atoms with Crippen molar-refractivity contribution < 1.29 is 13.7 Å². The molecule has 188 valence electrons. The lowest BCUT2D eigenvalue weighted by Crippen LogP contribution is -2.37. The second kappa shape index (κ2) is 7.88. The molecule has 5 aromatic rings. The third-order valence-electron chi connectivity index (χ3n) is 7.82. The minimum atomic E-state index is -1.51. The molecule has 1 aliphatic rings. The van der Waals surface area contributed by atoms with E-state index in [2.05, 4.69) is 83.3 Å². The lowest BCUT2D eigenvalue weighted by molar-refractivity contribution is -0.659. The van der Waals surface area contributed by atoms with Crippen molar-refractivity contribution in [1.29, 1.82) is 0 Å². The van der Waals surface area contributed by atoms with Gasteiger partial charge in [-0.25, -0.2) is 8.96 Å². The first-order valence-corrected chi connectivity index (χ1v) is 16.7. The van der Waals surface area contributed by atoms with Crippen LogP contribution in [0.4, 0.5) is 4.39 Å². The maximum atomic E-state index is 15.1. The maximum Gasteiger partial charge on any atom is 0.228 e. The Bertz CT molecular complexity index is 1770. The summed E-state index contributed by atoms with van der Waals surface area (Å²) in [6.45, 7) is 16.3. The van der Waals surface area contributed by atoms with E-state index in [4.69, 9.17) is 4.74 Å². The van der Waals surface area contributed by atoms with Crippen LogP contribution in [0.2, 0.25) is 19.6 Å². The van der Waals surface area contributed by atoms with Gasteiger partial charge in [-0.2, -0.15) is 0 Å². The average molecular weight is 509 g/mol. The van der Waals surface area contributed by atoms with Crippen molar-refractivity contribution in [2.24, 2.45) is 12.5 Å². The zero-order valence-electron chi connectivity index (χ0n) is 23.1. The molecular formula is C33H35FNOSi+. The van der Waals surface area contributed by atoms with E-state index in [1.165, 1.54) is 27.1 Å². The van der Waals surface area contributed by atoms with Gasteiger partial charge in [-0.3, -0.25) is 0 Å². The molecule has 4 heteroatoms. The Kier molecular flexibility index (Phi) is 5.13. The third-order valence-corrected chi connectivity index (χ3v) is 9.86. The van der Waals surface area contributed by atoms with Crippen LogP contribution in [0.1, 0.15) is 31.9 Å². The number of ether oxygens (including phenoxy) is 1. The number of pyridine rings is 1. The minimum absolute atomic E-state index is 0.0788. The van der Waals surface area contributed by atoms with Crippen molar-refractivity contribution in [3.8, 4) is 22.8 Å². The Morgan fingerprint density at radius 1 is 0.919 bits per heavy atom. The first kappa shape index (κ1) is 24.1. The summed E-state index contributed by atoms with van der Waals surface area (Å²) in [5.41, 5.74) is 4.79. The van der Waals surface area contributed by atoms with Crippen LogP contribution in [-0.2, 0) is 13.5 Å². The highest BCUT2D eigenvalue weighted by Gasteiger charge is 2.35. The number of hydrogen-bond donors (Lipinski definition) is 0. The second-order valence-corrected chi connectivity index (χ2v) is 18.0. The number of nitrogens with zero attached hydrogens (tertiary/aromatic N) is 1. The number of rotatable bonds is 2. The van der Waals surface area contributed by atoms with Crippen LogP contribution in [0.25, 0.3) is 43.6 Å². The lowest BCUT2D eigenvalue weighted by Gasteiger charge is -2.29. The molecule has 4 aromatic carbocycles. The average Bonchev–Trinajstić information content (AvgIpc) is 2.81. The smallest absolute Gasteiger partial charge is 0.228 e. The van der Waals surface area contributed by atoms with Gasteiger partial charge in [0, 0.05) is 22.4 Å². The molecule has 37 heavy (non-hydrogen) atoms. The third kappa shape index (κ3) is 3.68. The fourth-order valence-corrected chi connectivity index (χ4v) is 7.19. The molecule has 0 fully saturated rings. The van der Waals surface area contributed by atoms with Crippen LogP contribution in [0, 0.1) is 18.2 Å². The molecular weight excluding hydrogens is 473 g/mol. The Labute approximate surface area is 219 Å². The van der Waals surface area contributed by atoms with Crippen molar-refractivity contribution in [2.45, 2.75) is 53.8 Å². The number of aromatic nitrogens is 1. The van der Waals surface area contributed by atoms with Crippen LogP contribution in [0.15, 0.2) is 54.7 Å². The number of hydrogen-bond acceptors (Lipinski definition) is 1. The Hall–Kier alpha value is -3.24. The van der Waals surface area contributed by atoms with Gasteiger partial charge >= 0.3 is 0 Å². The Morgan fingerprint density at radius 3 is 2.38 bits per heavy atom. The SMILES string of the molecule is Cc1c2c(c(CC(C)(C)C)c3cc([Si](C)(C)C)ccc13)Oc1cc3cccc(F)c3c3cc[n+](C)c-2c13. The topological polar surface area (TPSA) is 13.1 Å². The van der Waals surface area contributed by atoms with Crippen molar-refractivity contribution in [2.75, 3.05) is 0 Å². The highest BCUT2D eigenvalue weighted by molar-refractivity contribution is 6.88. The van der Waals surface area contributed by atoms with Gasteiger partial charge in [0.15, 0.2) is 6.20 Å². The quantitative estimate of drug-likeness (QED) is 0.130. The summed E-state index contributed by atoms with van der Waals surface area (Å²) in [5, 5.41) is 7.44. The Balaban J connectivity index is 1.80. The molecule has 0 saturated carbocycles. The van der Waals surface area contributed by atoms with E-state index >= 15 is 4.39 Å². The molecule has 1 aliphatic heterocycles. The molecule has 0 unspecified atom stereocenters. The Morgan fingerprint density at radius 2 is 1.68 bits per heavy atom. The highest BCUT2D eigenvalue weighted by atomic mass is 28.3. The predicted octanol–water partition coefficient (Wildman–Crippen LogP) is 8.32. The van der Waals surface area contributed by atoms with Crippen LogP contribution < -0.4 is 14.5 Å². The van der Waals surface area contributed by atoms with Gasteiger partial charge in [-0.1, -0.05) is 75.9 Å². The summed E-state index contributed by atoms with van der Waals surface area (Å²) in [7, 11) is 0.577. The molecule has 0 atom stereocenters. The van der Waals surface area contributed by atoms with Crippen LogP contribution in [0.5, 0.6) is 11.5 Å². The van der Waals surface area contributed by atoms with Gasteiger partial charge in [-0.05, 0) is 52.6 Å². The van der Waals surface area contributed by atoms with Crippen LogP contribution in [0.3, 0.4) is 0 Å². The van der Waals surface area contributed by atoms with E-state index in [9.17, 15) is 0 Å². The van der Waals surface area contributed by atoms with Crippen LogP contribution >= 0.6 is 0 Å². The molecule has 0 radical (unpaired) electrons. The lowest BCUT2D eigenvalue weighted by atomic mass is 9.81. The van der Waals surface area contributed by atoms with E-state index in [1.807, 2.05) is 18.2 Å². The first-order chi connectivity index (χ1) is 17.3. The van der Waals surface area contributed by atoms with Crippen LogP contribution in [-0.4, -0.2) is 8.07 Å². The predicted molar refractivity (Wildman–Crippen MR) is 156 cm³/mol. The normalized spacial score (nSPS) is 13.3. The zero-order valence-corrected chi connectivity index (χ0v) is 24.1. The first-order valence-electron chi connectivity index (χ1n) is 13.2. The fraction of sp³-hybridized carbons (Fsp3) is 0.303. The molecule has 0 aliphatic carbocycles. The van der Waals surface area contributed by atoms with Gasteiger partial charge in [0.25, 0.3) is 0 Å². The minimum Gasteiger partial charge on any atom is -0.455 e. The van der Waals surface area contributed by atoms with Gasteiger partial charge in [0.05, 0.1) is 19.0 Å². The molecule has 0 spiro atoms. The van der Waals surface area contributed by atoms with E-state index in [0.717, 1.165) is 45.3 Å². The van der Waals surface area contributed by atoms with E-state index in [0.29, 0.717) is 5.39 Å². The van der Waals surface area contributed by atoms with E-state index < -0.39 is 8.07 Å². The summed E-state index contributed by atoms with van der Waals surface area (Å²) >= 11 is 0. The molecule has 0 bridgehead atoms. The molecule has 0 saturated heterocycles. The molecule has 6 rings (SSSR count). The molecule has 2 heterocycles. The van der Waals surface area contributed by atoms with Crippen molar-refractivity contribution in [3.63, 3.8) is 0 Å². The highest BCUT2D eigenvalue weighted by Crippen LogP contribution is 2.52. The summed E-state index contributed by atoms with van der Waals surface area (Å²) in [4.78, 5) is 0. The monoisotopic (exact) mass is 508 g/mol. The van der Waals surface area contributed by atoms with E-state index in [-0.39, 0.29) is 11.2 Å². The summed E-state index contributed by atoms with van der Waals surface area (Å²) < 4.78 is 24.2. The molecule has 2 nitrogen and oxygen atoms in total. The number of benzene rings is 4. The van der Waals surface area contributed by atoms with Gasteiger partial charge in [0.1, 0.15) is 24.4 Å². The van der Waals surface area contributed by atoms with Gasteiger partial charge < -0.3 is 4.74 Å². The van der Waals surface area contributed by atoms with Crippen molar-refractivity contribution in [3.05, 3.63) is 71.7 Å². The molecule has 0 N–H and O–H groups in total. The maximum absolute atomic E-state index is 15.1. The van der Waals surface area contributed by atoms with Crippen molar-refractivity contribution >= 4 is 45.6 Å². The van der Waals surface area contributed by atoms with Gasteiger partial charge in [0.2, 0.25) is 5.69 Å². The summed E-state index contributed by atoms with van der Waals surface area (Å²) in [6, 6.07) is 16.4. The number of halogens is 1. The molecule has 0 amide bonds. The van der Waals surface area contributed by atoms with Gasteiger partial charge in [-0.15, -0.1) is 0 Å². The largest absolute Gasteiger partial charge is 0.455 e. The fourth-order valence-electron chi connectivity index (χ4n) is 6.03. The van der Waals surface area contributed by atoms with E-state index in [1.54, 1.807) is 12.1 Å². The summed E-state index contributed by atoms with van der Waals surface area (Å²) in [6.07, 6.45) is 2.96. The zero-order chi connectivity index (χ0) is 26.4. The summed E-state index contributed by atoms with van der Waals surface area (Å²) in [5.74, 6) is 1.57. The molecule has 1 aromatic heterocycles. The van der Waals surface area contributed by atoms with Crippen molar-refractivity contribution in [1.82, 2.24) is 0 Å². The standard InChI is InChI=1S/C33H35FNOSi/c1-19-22-13-12-21(37(6,7)8)17-24(22)25(18-33(2,3)4)32-28(19)31-30-23(14-15-35(31)5)29-20(16-27(30)36-32)10-9-11-26(29)34/h9-17H,18H2,1-8H3/q+1.